The molecule has 1 fully saturated rings. The second-order valence-corrected chi connectivity index (χ2v) is 8.81. The number of rotatable bonds is 5. The van der Waals surface area contributed by atoms with Gasteiger partial charge in [-0.05, 0) is 43.9 Å². The van der Waals surface area contributed by atoms with E-state index >= 15 is 0 Å². The van der Waals surface area contributed by atoms with Crippen molar-refractivity contribution in [2.24, 2.45) is 0 Å². The van der Waals surface area contributed by atoms with Crippen molar-refractivity contribution in [3.05, 3.63) is 76.7 Å². The minimum absolute atomic E-state index is 0.317. The average Bonchev–Trinajstić information content (AvgIpc) is 2.80. The van der Waals surface area contributed by atoms with Gasteiger partial charge in [0.15, 0.2) is 0 Å². The molecule has 3 heterocycles. The Morgan fingerprint density at radius 2 is 1.81 bits per heavy atom. The number of aromatic nitrogens is 2. The third-order valence-corrected chi connectivity index (χ3v) is 6.23. The number of nitrogens with zero attached hydrogens (tertiary/aromatic N) is 4. The number of fused-ring (bicyclic) bond motifs is 1. The zero-order chi connectivity index (χ0) is 21.9. The lowest BCUT2D eigenvalue weighted by atomic mass is 10.0. The lowest BCUT2D eigenvalue weighted by Gasteiger charge is -2.32. The van der Waals surface area contributed by atoms with Crippen LogP contribution in [0.4, 0.5) is 10.3 Å². The third kappa shape index (κ3) is 4.75. The molecule has 0 saturated carbocycles. The van der Waals surface area contributed by atoms with Crippen LogP contribution in [0.25, 0.3) is 0 Å². The highest BCUT2D eigenvalue weighted by atomic mass is 19.1. The van der Waals surface area contributed by atoms with Crippen LogP contribution >= 0.6 is 0 Å². The van der Waals surface area contributed by atoms with E-state index < -0.39 is 0 Å². The summed E-state index contributed by atoms with van der Waals surface area (Å²) >= 11 is 0. The molecule has 32 heavy (non-hydrogen) atoms. The second kappa shape index (κ2) is 9.25. The van der Waals surface area contributed by atoms with Gasteiger partial charge >= 0.3 is 0 Å². The first-order chi connectivity index (χ1) is 15.6. The molecule has 0 bridgehead atoms. The molecule has 0 N–H and O–H groups in total. The van der Waals surface area contributed by atoms with Crippen molar-refractivity contribution >= 4 is 5.95 Å². The number of hydrogen-bond acceptors (Lipinski definition) is 5. The first kappa shape index (κ1) is 20.9. The SMILES string of the molecule is Cc1cccc(CN2CCc3nc(N4CCCCC4)nc(Oc4cccc(F)c4)c3C2)c1. The van der Waals surface area contributed by atoms with Crippen LogP contribution in [-0.4, -0.2) is 34.5 Å². The summed E-state index contributed by atoms with van der Waals surface area (Å²) in [4.78, 5) is 14.4. The summed E-state index contributed by atoms with van der Waals surface area (Å²) in [5, 5.41) is 0. The predicted molar refractivity (Wildman–Crippen MR) is 124 cm³/mol. The van der Waals surface area contributed by atoms with Crippen molar-refractivity contribution in [3.63, 3.8) is 0 Å². The summed E-state index contributed by atoms with van der Waals surface area (Å²) in [5.74, 6) is 1.44. The number of ether oxygens (including phenoxy) is 1. The number of benzene rings is 2. The molecule has 0 unspecified atom stereocenters. The fourth-order valence-corrected chi connectivity index (χ4v) is 4.59. The number of hydrogen-bond donors (Lipinski definition) is 0. The molecule has 2 aromatic carbocycles. The Morgan fingerprint density at radius 1 is 0.969 bits per heavy atom. The Labute approximate surface area is 188 Å². The Kier molecular flexibility index (Phi) is 6.04. The van der Waals surface area contributed by atoms with Gasteiger partial charge in [0.25, 0.3) is 0 Å². The Balaban J connectivity index is 1.45. The molecule has 0 aliphatic carbocycles. The number of piperidine rings is 1. The van der Waals surface area contributed by atoms with Crippen molar-refractivity contribution in [3.8, 4) is 11.6 Å². The normalized spacial score (nSPS) is 16.6. The molecule has 0 atom stereocenters. The Bertz CT molecular complexity index is 1100. The zero-order valence-corrected chi connectivity index (χ0v) is 18.6. The summed E-state index contributed by atoms with van der Waals surface area (Å²) in [6.07, 6.45) is 4.42. The predicted octanol–water partition coefficient (Wildman–Crippen LogP) is 5.27. The molecule has 0 spiro atoms. The van der Waals surface area contributed by atoms with Crippen molar-refractivity contribution < 1.29 is 9.13 Å². The quantitative estimate of drug-likeness (QED) is 0.550. The van der Waals surface area contributed by atoms with Crippen LogP contribution in [0.3, 0.4) is 0 Å². The molecule has 166 valence electrons. The van der Waals surface area contributed by atoms with Gasteiger partial charge in [0.05, 0.1) is 11.3 Å². The summed E-state index contributed by atoms with van der Waals surface area (Å²) in [6.45, 7) is 6.59. The van der Waals surface area contributed by atoms with E-state index in [-0.39, 0.29) is 5.82 Å². The van der Waals surface area contributed by atoms with Gasteiger partial charge in [-0.3, -0.25) is 4.90 Å². The fraction of sp³-hybridized carbons (Fsp3) is 0.385. The van der Waals surface area contributed by atoms with E-state index in [1.54, 1.807) is 12.1 Å². The minimum atomic E-state index is -0.317. The topological polar surface area (TPSA) is 41.5 Å². The van der Waals surface area contributed by atoms with Crippen LogP contribution in [0.15, 0.2) is 48.5 Å². The highest BCUT2D eigenvalue weighted by Gasteiger charge is 2.26. The lowest BCUT2D eigenvalue weighted by molar-refractivity contribution is 0.238. The summed E-state index contributed by atoms with van der Waals surface area (Å²) < 4.78 is 19.9. The van der Waals surface area contributed by atoms with Crippen molar-refractivity contribution in [2.75, 3.05) is 24.5 Å². The minimum Gasteiger partial charge on any atom is -0.438 e. The number of anilines is 1. The summed E-state index contributed by atoms with van der Waals surface area (Å²) in [5.41, 5.74) is 4.62. The van der Waals surface area contributed by atoms with Crippen LogP contribution in [0.5, 0.6) is 11.6 Å². The van der Waals surface area contributed by atoms with Crippen molar-refractivity contribution in [2.45, 2.75) is 45.7 Å². The van der Waals surface area contributed by atoms with Crippen molar-refractivity contribution in [1.82, 2.24) is 14.9 Å². The van der Waals surface area contributed by atoms with E-state index in [0.717, 1.165) is 62.6 Å². The smallest absolute Gasteiger partial charge is 0.228 e. The zero-order valence-electron chi connectivity index (χ0n) is 18.6. The summed E-state index contributed by atoms with van der Waals surface area (Å²) in [6, 6.07) is 14.9. The maximum atomic E-state index is 13.8. The standard InChI is InChI=1S/C26H29FN4O/c1-19-7-5-8-20(15-19)17-30-14-11-24-23(18-30)25(32-22-10-6-9-21(27)16-22)29-26(28-24)31-12-3-2-4-13-31/h5-10,15-16H,2-4,11-14,17-18H2,1H3. The van der Waals surface area contributed by atoms with Crippen LogP contribution < -0.4 is 9.64 Å². The molecule has 1 aromatic heterocycles. The molecule has 0 amide bonds. The second-order valence-electron chi connectivity index (χ2n) is 8.81. The fourth-order valence-electron chi connectivity index (χ4n) is 4.59. The van der Waals surface area contributed by atoms with E-state index in [0.29, 0.717) is 18.2 Å². The molecular weight excluding hydrogens is 403 g/mol. The van der Waals surface area contributed by atoms with Gasteiger partial charge in [-0.15, -0.1) is 0 Å². The van der Waals surface area contributed by atoms with E-state index in [1.807, 2.05) is 0 Å². The van der Waals surface area contributed by atoms with E-state index in [9.17, 15) is 4.39 Å². The lowest BCUT2D eigenvalue weighted by Crippen LogP contribution is -2.34. The van der Waals surface area contributed by atoms with E-state index in [2.05, 4.69) is 41.0 Å². The van der Waals surface area contributed by atoms with Crippen LogP contribution in [-0.2, 0) is 19.5 Å². The van der Waals surface area contributed by atoms with Crippen molar-refractivity contribution in [1.29, 1.82) is 0 Å². The Morgan fingerprint density at radius 3 is 2.62 bits per heavy atom. The number of aryl methyl sites for hydroxylation is 1. The molecule has 6 heteroatoms. The highest BCUT2D eigenvalue weighted by Crippen LogP contribution is 2.32. The van der Waals surface area contributed by atoms with Crippen LogP contribution in [0.2, 0.25) is 0 Å². The highest BCUT2D eigenvalue weighted by molar-refractivity contribution is 5.44. The molecule has 5 nitrogen and oxygen atoms in total. The monoisotopic (exact) mass is 432 g/mol. The van der Waals surface area contributed by atoms with Crippen LogP contribution in [0.1, 0.15) is 41.6 Å². The summed E-state index contributed by atoms with van der Waals surface area (Å²) in [7, 11) is 0. The van der Waals surface area contributed by atoms with Crippen LogP contribution in [0, 0.1) is 12.7 Å². The van der Waals surface area contributed by atoms with E-state index in [4.69, 9.17) is 14.7 Å². The van der Waals surface area contributed by atoms with Gasteiger partial charge in [-0.2, -0.15) is 4.98 Å². The van der Waals surface area contributed by atoms with Gasteiger partial charge in [0.2, 0.25) is 11.8 Å². The first-order valence-corrected chi connectivity index (χ1v) is 11.5. The molecular formula is C26H29FN4O. The molecule has 0 radical (unpaired) electrons. The number of halogens is 1. The first-order valence-electron chi connectivity index (χ1n) is 11.5. The van der Waals surface area contributed by atoms with Gasteiger partial charge in [0.1, 0.15) is 11.6 Å². The molecule has 1 saturated heterocycles. The van der Waals surface area contributed by atoms with Gasteiger partial charge in [0, 0.05) is 45.2 Å². The van der Waals surface area contributed by atoms with Gasteiger partial charge in [-0.1, -0.05) is 35.9 Å². The molecule has 2 aliphatic heterocycles. The molecule has 2 aliphatic rings. The van der Waals surface area contributed by atoms with Gasteiger partial charge < -0.3 is 9.64 Å². The maximum absolute atomic E-state index is 13.8. The maximum Gasteiger partial charge on any atom is 0.228 e. The third-order valence-electron chi connectivity index (χ3n) is 6.23. The molecule has 3 aromatic rings. The largest absolute Gasteiger partial charge is 0.438 e. The average molecular weight is 433 g/mol. The van der Waals surface area contributed by atoms with Gasteiger partial charge in [-0.25, -0.2) is 9.37 Å². The Hall–Kier alpha value is -2.99. The van der Waals surface area contributed by atoms with E-state index in [1.165, 1.54) is 29.7 Å². The molecule has 5 rings (SSSR count).